The molecule has 1 fully saturated rings. The highest BCUT2D eigenvalue weighted by molar-refractivity contribution is 5.46. The summed E-state index contributed by atoms with van der Waals surface area (Å²) in [6, 6.07) is 11.0. The monoisotopic (exact) mass is 288 g/mol. The molecule has 0 heterocycles. The molecular formula is C19H32N2. The van der Waals surface area contributed by atoms with Crippen LogP contribution in [-0.4, -0.2) is 26.2 Å². The second-order valence-corrected chi connectivity index (χ2v) is 6.60. The average Bonchev–Trinajstić information content (AvgIpc) is 2.99. The van der Waals surface area contributed by atoms with Gasteiger partial charge in [-0.3, -0.25) is 0 Å². The summed E-state index contributed by atoms with van der Waals surface area (Å²) in [5, 5.41) is 3.62. The van der Waals surface area contributed by atoms with Gasteiger partial charge < -0.3 is 10.2 Å². The van der Waals surface area contributed by atoms with Gasteiger partial charge in [0, 0.05) is 30.7 Å². The molecule has 2 heteroatoms. The quantitative estimate of drug-likeness (QED) is 0.721. The van der Waals surface area contributed by atoms with Crippen LogP contribution in [0.1, 0.15) is 52.4 Å². The number of nitrogens with one attached hydrogen (secondary N) is 1. The molecule has 21 heavy (non-hydrogen) atoms. The summed E-state index contributed by atoms with van der Waals surface area (Å²) >= 11 is 0. The Morgan fingerprint density at radius 1 is 1.10 bits per heavy atom. The fourth-order valence-electron chi connectivity index (χ4n) is 3.60. The number of hydrogen-bond acceptors (Lipinski definition) is 2. The molecular weight excluding hydrogens is 256 g/mol. The molecule has 1 aromatic carbocycles. The van der Waals surface area contributed by atoms with Crippen molar-refractivity contribution < 1.29 is 0 Å². The minimum Gasteiger partial charge on any atom is -0.371 e. The van der Waals surface area contributed by atoms with Crippen LogP contribution in [0.25, 0.3) is 0 Å². The molecule has 0 aliphatic heterocycles. The van der Waals surface area contributed by atoms with Crippen LogP contribution in [0, 0.1) is 5.41 Å². The first-order valence-corrected chi connectivity index (χ1v) is 8.80. The van der Waals surface area contributed by atoms with Gasteiger partial charge in [-0.25, -0.2) is 0 Å². The van der Waals surface area contributed by atoms with E-state index >= 15 is 0 Å². The summed E-state index contributed by atoms with van der Waals surface area (Å²) < 4.78 is 0. The molecule has 118 valence electrons. The molecule has 1 aliphatic rings. The number of hydrogen-bond donors (Lipinski definition) is 1. The molecule has 0 atom stereocenters. The van der Waals surface area contributed by atoms with Crippen LogP contribution in [-0.2, 0) is 0 Å². The largest absolute Gasteiger partial charge is 0.371 e. The van der Waals surface area contributed by atoms with E-state index in [2.05, 4.69) is 54.4 Å². The van der Waals surface area contributed by atoms with E-state index in [0.29, 0.717) is 5.41 Å². The summed E-state index contributed by atoms with van der Waals surface area (Å²) in [7, 11) is 0. The van der Waals surface area contributed by atoms with Gasteiger partial charge in [0.1, 0.15) is 0 Å². The van der Waals surface area contributed by atoms with Gasteiger partial charge in [0.05, 0.1) is 0 Å². The van der Waals surface area contributed by atoms with Crippen molar-refractivity contribution in [2.45, 2.75) is 52.4 Å². The third-order valence-electron chi connectivity index (χ3n) is 4.84. The number of anilines is 1. The number of para-hydroxylation sites is 1. The third kappa shape index (κ3) is 4.74. The standard InChI is InChI=1S/C19H32N2/c1-3-5-15-21(18-11-7-6-8-12-18)17-19(16-20-4-2)13-9-10-14-19/h6-8,11-12,20H,3-5,9-10,13-17H2,1-2H3. The fraction of sp³-hybridized carbons (Fsp3) is 0.684. The molecule has 0 bridgehead atoms. The molecule has 1 saturated carbocycles. The lowest BCUT2D eigenvalue weighted by molar-refractivity contribution is 0.285. The first-order chi connectivity index (χ1) is 10.3. The van der Waals surface area contributed by atoms with Crippen LogP contribution < -0.4 is 10.2 Å². The van der Waals surface area contributed by atoms with Gasteiger partial charge in [-0.1, -0.05) is 51.3 Å². The van der Waals surface area contributed by atoms with Crippen molar-refractivity contribution in [2.24, 2.45) is 5.41 Å². The van der Waals surface area contributed by atoms with Gasteiger partial charge in [-0.15, -0.1) is 0 Å². The number of rotatable bonds is 9. The van der Waals surface area contributed by atoms with E-state index in [-0.39, 0.29) is 0 Å². The van der Waals surface area contributed by atoms with Crippen LogP contribution in [0.3, 0.4) is 0 Å². The van der Waals surface area contributed by atoms with Crippen molar-refractivity contribution in [3.05, 3.63) is 30.3 Å². The van der Waals surface area contributed by atoms with Gasteiger partial charge in [0.25, 0.3) is 0 Å². The summed E-state index contributed by atoms with van der Waals surface area (Å²) in [5.41, 5.74) is 1.88. The number of nitrogens with zero attached hydrogens (tertiary/aromatic N) is 1. The second kappa shape index (κ2) is 8.43. The highest BCUT2D eigenvalue weighted by atomic mass is 15.1. The summed E-state index contributed by atoms with van der Waals surface area (Å²) in [4.78, 5) is 2.63. The molecule has 2 rings (SSSR count). The maximum absolute atomic E-state index is 3.62. The lowest BCUT2D eigenvalue weighted by atomic mass is 9.85. The van der Waals surface area contributed by atoms with Crippen molar-refractivity contribution in [1.82, 2.24) is 5.32 Å². The smallest absolute Gasteiger partial charge is 0.0366 e. The summed E-state index contributed by atoms with van der Waals surface area (Å²) in [6.07, 6.45) is 8.13. The minimum atomic E-state index is 0.486. The van der Waals surface area contributed by atoms with Crippen LogP contribution in [0.15, 0.2) is 30.3 Å². The van der Waals surface area contributed by atoms with Crippen LogP contribution in [0.2, 0.25) is 0 Å². The van der Waals surface area contributed by atoms with Crippen molar-refractivity contribution in [3.8, 4) is 0 Å². The van der Waals surface area contributed by atoms with E-state index in [1.165, 1.54) is 63.8 Å². The molecule has 0 amide bonds. The summed E-state index contributed by atoms with van der Waals surface area (Å²) in [5.74, 6) is 0. The summed E-state index contributed by atoms with van der Waals surface area (Å²) in [6.45, 7) is 9.17. The Morgan fingerprint density at radius 3 is 2.43 bits per heavy atom. The third-order valence-corrected chi connectivity index (χ3v) is 4.84. The Hall–Kier alpha value is -1.02. The lowest BCUT2D eigenvalue weighted by Crippen LogP contribution is -2.43. The SMILES string of the molecule is CCCCN(CC1(CNCC)CCCC1)c1ccccc1. The number of benzene rings is 1. The molecule has 1 aliphatic carbocycles. The van der Waals surface area contributed by atoms with E-state index in [9.17, 15) is 0 Å². The zero-order valence-corrected chi connectivity index (χ0v) is 13.9. The van der Waals surface area contributed by atoms with E-state index in [4.69, 9.17) is 0 Å². The van der Waals surface area contributed by atoms with E-state index in [1.54, 1.807) is 0 Å². The van der Waals surface area contributed by atoms with Crippen LogP contribution in [0.4, 0.5) is 5.69 Å². The second-order valence-electron chi connectivity index (χ2n) is 6.60. The Morgan fingerprint density at radius 2 is 1.81 bits per heavy atom. The molecule has 2 nitrogen and oxygen atoms in total. The Balaban J connectivity index is 2.08. The molecule has 0 unspecified atom stereocenters. The normalized spacial score (nSPS) is 17.0. The first-order valence-electron chi connectivity index (χ1n) is 8.80. The molecule has 0 aromatic heterocycles. The molecule has 0 radical (unpaired) electrons. The molecule has 0 spiro atoms. The van der Waals surface area contributed by atoms with E-state index in [1.807, 2.05) is 0 Å². The number of unbranched alkanes of at least 4 members (excludes halogenated alkanes) is 1. The topological polar surface area (TPSA) is 15.3 Å². The van der Waals surface area contributed by atoms with Gasteiger partial charge in [-0.05, 0) is 37.9 Å². The van der Waals surface area contributed by atoms with Crippen molar-refractivity contribution in [1.29, 1.82) is 0 Å². The highest BCUT2D eigenvalue weighted by Gasteiger charge is 2.35. The maximum atomic E-state index is 3.62. The van der Waals surface area contributed by atoms with Crippen molar-refractivity contribution >= 4 is 5.69 Å². The first kappa shape index (κ1) is 16.4. The zero-order chi connectivity index (χ0) is 15.0. The van der Waals surface area contributed by atoms with E-state index < -0.39 is 0 Å². The van der Waals surface area contributed by atoms with Crippen molar-refractivity contribution in [3.63, 3.8) is 0 Å². The van der Waals surface area contributed by atoms with Crippen LogP contribution in [0.5, 0.6) is 0 Å². The maximum Gasteiger partial charge on any atom is 0.0366 e. The van der Waals surface area contributed by atoms with Crippen molar-refractivity contribution in [2.75, 3.05) is 31.1 Å². The molecule has 1 aromatic rings. The lowest BCUT2D eigenvalue weighted by Gasteiger charge is -2.37. The predicted octanol–water partition coefficient (Wildman–Crippen LogP) is 4.46. The Kier molecular flexibility index (Phi) is 6.56. The Bertz CT molecular complexity index is 382. The molecule has 0 saturated heterocycles. The zero-order valence-electron chi connectivity index (χ0n) is 13.9. The average molecular weight is 288 g/mol. The van der Waals surface area contributed by atoms with Gasteiger partial charge in [0.2, 0.25) is 0 Å². The highest BCUT2D eigenvalue weighted by Crippen LogP contribution is 2.39. The van der Waals surface area contributed by atoms with Gasteiger partial charge >= 0.3 is 0 Å². The predicted molar refractivity (Wildman–Crippen MR) is 93.0 cm³/mol. The van der Waals surface area contributed by atoms with E-state index in [0.717, 1.165) is 6.54 Å². The van der Waals surface area contributed by atoms with Crippen LogP contribution >= 0.6 is 0 Å². The fourth-order valence-corrected chi connectivity index (χ4v) is 3.60. The Labute approximate surface area is 130 Å². The van der Waals surface area contributed by atoms with Gasteiger partial charge in [-0.2, -0.15) is 0 Å². The molecule has 1 N–H and O–H groups in total. The van der Waals surface area contributed by atoms with Gasteiger partial charge in [0.15, 0.2) is 0 Å². The minimum absolute atomic E-state index is 0.486.